The van der Waals surface area contributed by atoms with Gasteiger partial charge < -0.3 is 19.6 Å². The largest absolute Gasteiger partial charge is 0.435 e. The molecule has 3 rings (SSSR count). The standard InChI is InChI=1S/C21H15F2N5O4/c1-25-19(29)18(28-30-2)14-8-7-13(22)9-16(14)32-21-17(23)20(26-11-27-21)31-15-6-4-3-5-12(15)10-24/h3-9,11H,1-2H3,(H,25,29). The second kappa shape index (κ2) is 9.94. The van der Waals surface area contributed by atoms with Gasteiger partial charge in [0.2, 0.25) is 5.82 Å². The van der Waals surface area contributed by atoms with Gasteiger partial charge in [0, 0.05) is 13.1 Å². The third kappa shape index (κ3) is 4.76. The molecular weight excluding hydrogens is 424 g/mol. The Labute approximate surface area is 180 Å². The zero-order valence-electron chi connectivity index (χ0n) is 16.8. The van der Waals surface area contributed by atoms with E-state index in [1.807, 2.05) is 6.07 Å². The number of nitrogens with zero attached hydrogens (tertiary/aromatic N) is 4. The Hall–Kier alpha value is -4.59. The van der Waals surface area contributed by atoms with Gasteiger partial charge in [0.25, 0.3) is 17.7 Å². The molecule has 0 aliphatic heterocycles. The van der Waals surface area contributed by atoms with Gasteiger partial charge in [-0.3, -0.25) is 4.79 Å². The first kappa shape index (κ1) is 22.1. The van der Waals surface area contributed by atoms with Crippen molar-refractivity contribution in [1.82, 2.24) is 15.3 Å². The van der Waals surface area contributed by atoms with Gasteiger partial charge in [-0.25, -0.2) is 4.39 Å². The molecule has 0 saturated heterocycles. The quantitative estimate of drug-likeness (QED) is 0.443. The van der Waals surface area contributed by atoms with Crippen LogP contribution in [0.25, 0.3) is 0 Å². The fourth-order valence-electron chi connectivity index (χ4n) is 2.54. The second-order valence-corrected chi connectivity index (χ2v) is 5.95. The molecule has 0 bridgehead atoms. The molecule has 0 aliphatic carbocycles. The third-order valence-corrected chi connectivity index (χ3v) is 3.97. The number of rotatable bonds is 7. The van der Waals surface area contributed by atoms with Crippen molar-refractivity contribution in [3.8, 4) is 29.3 Å². The van der Waals surface area contributed by atoms with Crippen LogP contribution in [-0.2, 0) is 9.63 Å². The molecule has 11 heteroatoms. The molecule has 2 aromatic carbocycles. The van der Waals surface area contributed by atoms with Crippen molar-refractivity contribution in [2.24, 2.45) is 5.16 Å². The highest BCUT2D eigenvalue weighted by atomic mass is 19.1. The number of nitriles is 1. The molecule has 1 aromatic heterocycles. The summed E-state index contributed by atoms with van der Waals surface area (Å²) in [7, 11) is 2.59. The fourth-order valence-corrected chi connectivity index (χ4v) is 2.54. The smallest absolute Gasteiger partial charge is 0.273 e. The van der Waals surface area contributed by atoms with Crippen LogP contribution in [0.1, 0.15) is 11.1 Å². The molecule has 1 amide bonds. The minimum Gasteiger partial charge on any atom is -0.435 e. The number of ether oxygens (including phenoxy) is 2. The summed E-state index contributed by atoms with van der Waals surface area (Å²) in [5.74, 6) is -3.79. The molecule has 0 fully saturated rings. The van der Waals surface area contributed by atoms with E-state index in [1.165, 1.54) is 32.4 Å². The number of aromatic nitrogens is 2. The van der Waals surface area contributed by atoms with Crippen LogP contribution in [0.3, 0.4) is 0 Å². The Morgan fingerprint density at radius 1 is 1.09 bits per heavy atom. The Morgan fingerprint density at radius 3 is 2.44 bits per heavy atom. The number of hydrogen-bond acceptors (Lipinski definition) is 8. The molecule has 3 aromatic rings. The van der Waals surface area contributed by atoms with Gasteiger partial charge in [-0.2, -0.15) is 19.6 Å². The molecule has 1 N–H and O–H groups in total. The average Bonchev–Trinajstić information content (AvgIpc) is 2.80. The molecule has 162 valence electrons. The fraction of sp³-hybridized carbons (Fsp3) is 0.0952. The molecule has 0 saturated carbocycles. The van der Waals surface area contributed by atoms with Crippen LogP contribution in [0.2, 0.25) is 0 Å². The van der Waals surface area contributed by atoms with E-state index >= 15 is 0 Å². The summed E-state index contributed by atoms with van der Waals surface area (Å²) in [6.07, 6.45) is 0.963. The molecule has 0 aliphatic rings. The predicted molar refractivity (Wildman–Crippen MR) is 107 cm³/mol. The van der Waals surface area contributed by atoms with E-state index in [0.29, 0.717) is 0 Å². The summed E-state index contributed by atoms with van der Waals surface area (Å²) in [6.45, 7) is 0. The Bertz CT molecular complexity index is 1230. The SMILES string of the molecule is CNC(=O)C(=NOC)c1ccc(F)cc1Oc1ncnc(Oc2ccccc2C#N)c1F. The topological polar surface area (TPSA) is 119 Å². The molecule has 0 radical (unpaired) electrons. The summed E-state index contributed by atoms with van der Waals surface area (Å²) in [5.41, 5.74) is -0.0619. The van der Waals surface area contributed by atoms with Crippen molar-refractivity contribution in [3.63, 3.8) is 0 Å². The first-order chi connectivity index (χ1) is 15.5. The first-order valence-corrected chi connectivity index (χ1v) is 8.97. The van der Waals surface area contributed by atoms with E-state index in [0.717, 1.165) is 18.5 Å². The van der Waals surface area contributed by atoms with Gasteiger partial charge in [-0.1, -0.05) is 17.3 Å². The van der Waals surface area contributed by atoms with E-state index in [2.05, 4.69) is 25.3 Å². The molecule has 32 heavy (non-hydrogen) atoms. The van der Waals surface area contributed by atoms with Crippen molar-refractivity contribution in [3.05, 3.63) is 71.6 Å². The van der Waals surface area contributed by atoms with Crippen LogP contribution in [0.5, 0.6) is 23.3 Å². The van der Waals surface area contributed by atoms with Gasteiger partial charge in [-0.15, -0.1) is 0 Å². The van der Waals surface area contributed by atoms with Crippen molar-refractivity contribution in [2.75, 3.05) is 14.2 Å². The molecular formula is C21H15F2N5O4. The van der Waals surface area contributed by atoms with E-state index in [9.17, 15) is 13.6 Å². The van der Waals surface area contributed by atoms with Crippen LogP contribution in [0.15, 0.2) is 53.9 Å². The van der Waals surface area contributed by atoms with E-state index in [1.54, 1.807) is 12.1 Å². The average molecular weight is 439 g/mol. The molecule has 1 heterocycles. The number of likely N-dealkylation sites (N-methyl/N-ethyl adjacent to an activating group) is 1. The third-order valence-electron chi connectivity index (χ3n) is 3.97. The van der Waals surface area contributed by atoms with Crippen LogP contribution in [0.4, 0.5) is 8.78 Å². The van der Waals surface area contributed by atoms with Crippen LogP contribution >= 0.6 is 0 Å². The number of nitrogens with one attached hydrogen (secondary N) is 1. The molecule has 9 nitrogen and oxygen atoms in total. The second-order valence-electron chi connectivity index (χ2n) is 5.95. The number of carbonyl (C=O) groups excluding carboxylic acids is 1. The summed E-state index contributed by atoms with van der Waals surface area (Å²) in [4.78, 5) is 24.3. The van der Waals surface area contributed by atoms with Crippen molar-refractivity contribution in [2.45, 2.75) is 0 Å². The van der Waals surface area contributed by atoms with Gasteiger partial charge in [0.05, 0.1) is 11.1 Å². The maximum absolute atomic E-state index is 15.0. The van der Waals surface area contributed by atoms with E-state index in [-0.39, 0.29) is 28.3 Å². The van der Waals surface area contributed by atoms with Crippen LogP contribution in [0, 0.1) is 23.0 Å². The predicted octanol–water partition coefficient (Wildman–Crippen LogP) is 3.31. The number of hydrogen-bond donors (Lipinski definition) is 1. The summed E-state index contributed by atoms with van der Waals surface area (Å²) < 4.78 is 39.7. The zero-order valence-corrected chi connectivity index (χ0v) is 16.8. The normalized spacial score (nSPS) is 10.8. The van der Waals surface area contributed by atoms with Gasteiger partial charge in [0.15, 0.2) is 5.71 Å². The Morgan fingerprint density at radius 2 is 1.78 bits per heavy atom. The van der Waals surface area contributed by atoms with Crippen LogP contribution in [-0.4, -0.2) is 35.7 Å². The number of halogens is 2. The van der Waals surface area contributed by atoms with Gasteiger partial charge >= 0.3 is 0 Å². The van der Waals surface area contributed by atoms with Gasteiger partial charge in [0.1, 0.15) is 36.8 Å². The highest BCUT2D eigenvalue weighted by molar-refractivity contribution is 6.45. The molecule has 0 spiro atoms. The number of benzene rings is 2. The number of oxime groups is 1. The Kier molecular flexibility index (Phi) is 6.87. The summed E-state index contributed by atoms with van der Waals surface area (Å²) in [6, 6.07) is 11.3. The lowest BCUT2D eigenvalue weighted by atomic mass is 10.1. The van der Waals surface area contributed by atoms with Crippen LogP contribution < -0.4 is 14.8 Å². The maximum atomic E-state index is 15.0. The van der Waals surface area contributed by atoms with Crippen molar-refractivity contribution >= 4 is 11.6 Å². The lowest BCUT2D eigenvalue weighted by Crippen LogP contribution is -2.29. The molecule has 0 unspecified atom stereocenters. The monoisotopic (exact) mass is 439 g/mol. The lowest BCUT2D eigenvalue weighted by molar-refractivity contribution is -0.114. The number of amides is 1. The van der Waals surface area contributed by atoms with Gasteiger partial charge in [-0.05, 0) is 24.3 Å². The minimum atomic E-state index is -1.11. The number of para-hydroxylation sites is 1. The maximum Gasteiger partial charge on any atom is 0.273 e. The van der Waals surface area contributed by atoms with E-state index < -0.39 is 29.3 Å². The highest BCUT2D eigenvalue weighted by Crippen LogP contribution is 2.32. The number of carbonyl (C=O) groups is 1. The Balaban J connectivity index is 2.01. The molecule has 0 atom stereocenters. The summed E-state index contributed by atoms with van der Waals surface area (Å²) >= 11 is 0. The van der Waals surface area contributed by atoms with Crippen molar-refractivity contribution in [1.29, 1.82) is 5.26 Å². The summed E-state index contributed by atoms with van der Waals surface area (Å²) in [5, 5.41) is 15.2. The lowest BCUT2D eigenvalue weighted by Gasteiger charge is -2.13. The minimum absolute atomic E-state index is 0.0166. The zero-order chi connectivity index (χ0) is 23.1. The van der Waals surface area contributed by atoms with Crippen molar-refractivity contribution < 1.29 is 27.9 Å². The van der Waals surface area contributed by atoms with E-state index in [4.69, 9.17) is 14.7 Å². The first-order valence-electron chi connectivity index (χ1n) is 8.97. The highest BCUT2D eigenvalue weighted by Gasteiger charge is 2.23.